The molecule has 2 aromatic rings. The lowest BCUT2D eigenvalue weighted by Gasteiger charge is -2.13. The summed E-state index contributed by atoms with van der Waals surface area (Å²) in [6.07, 6.45) is 0. The molecule has 0 aliphatic carbocycles. The van der Waals surface area contributed by atoms with Gasteiger partial charge in [0, 0.05) is 15.7 Å². The average Bonchev–Trinajstić information content (AvgIpc) is 2.46. The summed E-state index contributed by atoms with van der Waals surface area (Å²) < 4.78 is 6.03. The maximum atomic E-state index is 12.0. The minimum Gasteiger partial charge on any atom is -0.545 e. The van der Waals surface area contributed by atoms with Crippen LogP contribution in [0.5, 0.6) is 5.75 Å². The van der Waals surface area contributed by atoms with Crippen LogP contribution in [-0.2, 0) is 4.79 Å². The zero-order valence-electron chi connectivity index (χ0n) is 12.7. The summed E-state index contributed by atoms with van der Waals surface area (Å²) in [6, 6.07) is 10.1. The number of halogens is 1. The molecule has 0 spiro atoms. The van der Waals surface area contributed by atoms with Crippen molar-refractivity contribution >= 4 is 33.5 Å². The Labute approximate surface area is 142 Å². The molecule has 0 fully saturated rings. The van der Waals surface area contributed by atoms with E-state index in [1.165, 1.54) is 12.1 Å². The van der Waals surface area contributed by atoms with Crippen LogP contribution in [0, 0.1) is 13.8 Å². The van der Waals surface area contributed by atoms with Gasteiger partial charge in [-0.05, 0) is 55.3 Å². The van der Waals surface area contributed by atoms with E-state index >= 15 is 0 Å². The van der Waals surface area contributed by atoms with Crippen molar-refractivity contribution in [1.29, 1.82) is 0 Å². The van der Waals surface area contributed by atoms with Gasteiger partial charge in [0.05, 0.1) is 5.97 Å². The van der Waals surface area contributed by atoms with E-state index in [4.69, 9.17) is 4.74 Å². The third kappa shape index (κ3) is 4.82. The molecular weight excluding hydrogens is 362 g/mol. The molecule has 1 N–H and O–H groups in total. The van der Waals surface area contributed by atoms with E-state index in [-0.39, 0.29) is 17.9 Å². The lowest BCUT2D eigenvalue weighted by molar-refractivity contribution is -0.254. The van der Waals surface area contributed by atoms with E-state index in [1.807, 2.05) is 32.0 Å². The van der Waals surface area contributed by atoms with E-state index in [0.717, 1.165) is 11.1 Å². The Bertz CT molecular complexity index is 738. The Morgan fingerprint density at radius 1 is 1.13 bits per heavy atom. The average molecular weight is 377 g/mol. The van der Waals surface area contributed by atoms with Gasteiger partial charge >= 0.3 is 0 Å². The highest BCUT2D eigenvalue weighted by molar-refractivity contribution is 9.10. The van der Waals surface area contributed by atoms with Crippen molar-refractivity contribution in [1.82, 2.24) is 0 Å². The number of amides is 1. The van der Waals surface area contributed by atoms with E-state index in [1.54, 1.807) is 6.07 Å². The summed E-state index contributed by atoms with van der Waals surface area (Å²) in [4.78, 5) is 23.0. The number of benzene rings is 2. The third-order valence-corrected chi connectivity index (χ3v) is 3.53. The van der Waals surface area contributed by atoms with Gasteiger partial charge in [0.1, 0.15) is 5.75 Å². The molecular formula is C17H15BrNO4-. The molecule has 120 valence electrons. The van der Waals surface area contributed by atoms with Gasteiger partial charge in [-0.25, -0.2) is 0 Å². The van der Waals surface area contributed by atoms with Gasteiger partial charge in [-0.3, -0.25) is 4.79 Å². The minimum atomic E-state index is -1.36. The Hall–Kier alpha value is -2.34. The minimum absolute atomic E-state index is 0.0980. The predicted octanol–water partition coefficient (Wildman–Crippen LogP) is 2.45. The Balaban J connectivity index is 2.04. The molecule has 0 aromatic heterocycles. The summed E-state index contributed by atoms with van der Waals surface area (Å²) in [6.45, 7) is 3.66. The van der Waals surface area contributed by atoms with Gasteiger partial charge in [-0.2, -0.15) is 0 Å². The number of carboxylic acids is 1. The van der Waals surface area contributed by atoms with Crippen LogP contribution in [0.15, 0.2) is 40.9 Å². The maximum Gasteiger partial charge on any atom is 0.262 e. The highest BCUT2D eigenvalue weighted by Gasteiger charge is 2.09. The molecule has 0 saturated heterocycles. The summed E-state index contributed by atoms with van der Waals surface area (Å²) in [7, 11) is 0. The van der Waals surface area contributed by atoms with Crippen LogP contribution in [0.25, 0.3) is 0 Å². The standard InChI is InChI=1S/C17H16BrNO4/c1-10-5-11(2)7-13(6-10)23-9-16(20)19-15-4-3-12(18)8-14(15)17(21)22/h3-8H,9H2,1-2H3,(H,19,20)(H,21,22)/p-1. The van der Waals surface area contributed by atoms with Crippen LogP contribution in [0.3, 0.4) is 0 Å². The first-order valence-corrected chi connectivity index (χ1v) is 7.66. The van der Waals surface area contributed by atoms with Crippen molar-refractivity contribution < 1.29 is 19.4 Å². The smallest absolute Gasteiger partial charge is 0.262 e. The van der Waals surface area contributed by atoms with E-state index in [0.29, 0.717) is 10.2 Å². The fourth-order valence-corrected chi connectivity index (χ4v) is 2.51. The molecule has 5 nitrogen and oxygen atoms in total. The van der Waals surface area contributed by atoms with Gasteiger partial charge in [0.15, 0.2) is 6.61 Å². The lowest BCUT2D eigenvalue weighted by atomic mass is 10.1. The second-order valence-corrected chi connectivity index (χ2v) is 6.05. The van der Waals surface area contributed by atoms with Crippen molar-refractivity contribution in [2.24, 2.45) is 0 Å². The molecule has 0 aliphatic heterocycles. The van der Waals surface area contributed by atoms with Gasteiger partial charge in [0.2, 0.25) is 0 Å². The monoisotopic (exact) mass is 376 g/mol. The zero-order chi connectivity index (χ0) is 17.0. The van der Waals surface area contributed by atoms with Crippen molar-refractivity contribution in [3.63, 3.8) is 0 Å². The quantitative estimate of drug-likeness (QED) is 0.868. The number of aryl methyl sites for hydroxylation is 2. The third-order valence-electron chi connectivity index (χ3n) is 3.04. The first-order valence-electron chi connectivity index (χ1n) is 6.87. The van der Waals surface area contributed by atoms with Crippen LogP contribution in [0.1, 0.15) is 21.5 Å². The fourth-order valence-electron chi connectivity index (χ4n) is 2.15. The number of aromatic carboxylic acids is 1. The number of rotatable bonds is 5. The topological polar surface area (TPSA) is 78.5 Å². The largest absolute Gasteiger partial charge is 0.545 e. The summed E-state index contributed by atoms with van der Waals surface area (Å²) in [5, 5.41) is 13.6. The van der Waals surface area contributed by atoms with E-state index < -0.39 is 11.9 Å². The lowest BCUT2D eigenvalue weighted by Crippen LogP contribution is -2.26. The summed E-state index contributed by atoms with van der Waals surface area (Å²) >= 11 is 3.18. The van der Waals surface area contributed by atoms with E-state index in [9.17, 15) is 14.7 Å². The number of hydrogen-bond donors (Lipinski definition) is 1. The molecule has 0 radical (unpaired) electrons. The Morgan fingerprint density at radius 2 is 1.78 bits per heavy atom. The first-order chi connectivity index (χ1) is 10.8. The molecule has 0 unspecified atom stereocenters. The van der Waals surface area contributed by atoms with Crippen LogP contribution < -0.4 is 15.2 Å². The van der Waals surface area contributed by atoms with Crippen LogP contribution in [0.2, 0.25) is 0 Å². The van der Waals surface area contributed by atoms with Crippen LogP contribution in [0.4, 0.5) is 5.69 Å². The van der Waals surface area contributed by atoms with Crippen molar-refractivity contribution in [3.8, 4) is 5.75 Å². The number of ether oxygens (including phenoxy) is 1. The van der Waals surface area contributed by atoms with Gasteiger partial charge in [-0.15, -0.1) is 0 Å². The van der Waals surface area contributed by atoms with Crippen LogP contribution in [-0.4, -0.2) is 18.5 Å². The molecule has 0 atom stereocenters. The maximum absolute atomic E-state index is 12.0. The van der Waals surface area contributed by atoms with Crippen molar-refractivity contribution in [2.45, 2.75) is 13.8 Å². The highest BCUT2D eigenvalue weighted by atomic mass is 79.9. The molecule has 0 aliphatic rings. The number of carbonyl (C=O) groups excluding carboxylic acids is 2. The van der Waals surface area contributed by atoms with Crippen LogP contribution >= 0.6 is 15.9 Å². The number of hydrogen-bond acceptors (Lipinski definition) is 4. The second kappa shape index (κ2) is 7.28. The summed E-state index contributed by atoms with van der Waals surface area (Å²) in [5.41, 5.74) is 2.14. The molecule has 0 saturated carbocycles. The molecule has 0 bridgehead atoms. The van der Waals surface area contributed by atoms with Crippen molar-refractivity contribution in [2.75, 3.05) is 11.9 Å². The molecule has 1 amide bonds. The molecule has 23 heavy (non-hydrogen) atoms. The SMILES string of the molecule is Cc1cc(C)cc(OCC(=O)Nc2ccc(Br)cc2C(=O)[O-])c1. The number of anilines is 1. The number of nitrogens with one attached hydrogen (secondary N) is 1. The first kappa shape index (κ1) is 17.0. The number of carboxylic acid groups (broad SMARTS) is 1. The van der Waals surface area contributed by atoms with E-state index in [2.05, 4.69) is 21.2 Å². The van der Waals surface area contributed by atoms with Gasteiger partial charge in [0.25, 0.3) is 5.91 Å². The fraction of sp³-hybridized carbons (Fsp3) is 0.176. The van der Waals surface area contributed by atoms with Crippen molar-refractivity contribution in [3.05, 3.63) is 57.6 Å². The van der Waals surface area contributed by atoms with Gasteiger partial charge < -0.3 is 20.0 Å². The highest BCUT2D eigenvalue weighted by Crippen LogP contribution is 2.21. The Kier molecular flexibility index (Phi) is 5.39. The van der Waals surface area contributed by atoms with Gasteiger partial charge in [-0.1, -0.05) is 22.0 Å². The zero-order valence-corrected chi connectivity index (χ0v) is 14.3. The number of carbonyl (C=O) groups is 2. The molecule has 0 heterocycles. The Morgan fingerprint density at radius 3 is 2.39 bits per heavy atom. The normalized spacial score (nSPS) is 10.2. The second-order valence-electron chi connectivity index (χ2n) is 5.14. The summed E-state index contributed by atoms with van der Waals surface area (Å²) in [5.74, 6) is -1.22. The molecule has 6 heteroatoms. The molecule has 2 aromatic carbocycles. The predicted molar refractivity (Wildman–Crippen MR) is 88.5 cm³/mol. The molecule has 2 rings (SSSR count).